The number of aryl methyl sites for hydroxylation is 5. The highest BCUT2D eigenvalue weighted by molar-refractivity contribution is 6.20. The van der Waals surface area contributed by atoms with Crippen molar-refractivity contribution in [3.8, 4) is 0 Å². The summed E-state index contributed by atoms with van der Waals surface area (Å²) in [5, 5.41) is 13.2. The summed E-state index contributed by atoms with van der Waals surface area (Å²) in [4.78, 5) is 4.70. The Morgan fingerprint density at radius 1 is 0.247 bits per heavy atom. The van der Waals surface area contributed by atoms with Crippen molar-refractivity contribution in [1.29, 1.82) is 0 Å². The van der Waals surface area contributed by atoms with Crippen LogP contribution in [0.1, 0.15) is 27.8 Å². The van der Waals surface area contributed by atoms with Crippen LogP contribution >= 0.6 is 0 Å². The number of para-hydroxylation sites is 2. The van der Waals surface area contributed by atoms with E-state index in [4.69, 9.17) is 17.7 Å². The van der Waals surface area contributed by atoms with Gasteiger partial charge in [-0.05, 0) is 206 Å². The summed E-state index contributed by atoms with van der Waals surface area (Å²) in [5.74, 6) is 0. The molecule has 0 fully saturated rings. The van der Waals surface area contributed by atoms with Crippen LogP contribution in [0.3, 0.4) is 0 Å². The Morgan fingerprint density at radius 3 is 1.08 bits per heavy atom. The maximum absolute atomic E-state index is 6.85. The molecule has 6 heteroatoms. The third kappa shape index (κ3) is 6.50. The van der Waals surface area contributed by atoms with Crippen molar-refractivity contribution in [1.82, 2.24) is 0 Å². The van der Waals surface area contributed by atoms with E-state index in [1.807, 2.05) is 24.3 Å². The van der Waals surface area contributed by atoms with Gasteiger partial charge in [0.15, 0.2) is 0 Å². The molecule has 0 bridgehead atoms. The molecule has 0 unspecified atom stereocenters. The molecule has 0 N–H and O–H groups in total. The predicted molar refractivity (Wildman–Crippen MR) is 304 cm³/mol. The second-order valence-corrected chi connectivity index (χ2v) is 20.1. The van der Waals surface area contributed by atoms with E-state index in [0.717, 1.165) is 149 Å². The zero-order valence-corrected chi connectivity index (χ0v) is 40.9. The van der Waals surface area contributed by atoms with Gasteiger partial charge in [0, 0.05) is 82.8 Å². The van der Waals surface area contributed by atoms with E-state index in [1.165, 1.54) is 22.3 Å². The van der Waals surface area contributed by atoms with Gasteiger partial charge in [0.1, 0.15) is 44.7 Å². The molecular weight excluding hydrogens is 897 g/mol. The third-order valence-corrected chi connectivity index (χ3v) is 15.0. The number of nitrogens with zero attached hydrogens (tertiary/aromatic N) is 2. The van der Waals surface area contributed by atoms with Crippen LogP contribution in [0.15, 0.2) is 206 Å². The lowest BCUT2D eigenvalue weighted by Crippen LogP contribution is -2.10. The minimum atomic E-state index is 0.841. The highest BCUT2D eigenvalue weighted by Crippen LogP contribution is 2.46. The second kappa shape index (κ2) is 15.4. The molecule has 0 atom stereocenters. The van der Waals surface area contributed by atoms with Gasteiger partial charge >= 0.3 is 0 Å². The smallest absolute Gasteiger partial charge is 0.142 e. The zero-order chi connectivity index (χ0) is 48.8. The van der Waals surface area contributed by atoms with Gasteiger partial charge < -0.3 is 27.5 Å². The Labute approximate surface area is 419 Å². The molecule has 73 heavy (non-hydrogen) atoms. The normalized spacial score (nSPS) is 12.2. The van der Waals surface area contributed by atoms with Crippen LogP contribution in [-0.4, -0.2) is 0 Å². The largest absolute Gasteiger partial charge is 0.456 e. The van der Waals surface area contributed by atoms with Crippen molar-refractivity contribution in [2.45, 2.75) is 34.6 Å². The van der Waals surface area contributed by atoms with Crippen LogP contribution in [0.2, 0.25) is 0 Å². The lowest BCUT2D eigenvalue weighted by atomic mass is 10.0. The number of hydrogen-bond donors (Lipinski definition) is 0. The van der Waals surface area contributed by atoms with Crippen LogP contribution in [0.4, 0.5) is 34.1 Å². The number of benzene rings is 11. The van der Waals surface area contributed by atoms with E-state index in [-0.39, 0.29) is 0 Å². The van der Waals surface area contributed by atoms with Gasteiger partial charge in [-0.3, -0.25) is 0 Å². The van der Waals surface area contributed by atoms with Crippen LogP contribution in [0.5, 0.6) is 0 Å². The molecule has 0 spiro atoms. The maximum Gasteiger partial charge on any atom is 0.142 e. The lowest BCUT2D eigenvalue weighted by molar-refractivity contribution is 0.651. The Bertz CT molecular complexity index is 4490. The van der Waals surface area contributed by atoms with Crippen LogP contribution in [-0.2, 0) is 0 Å². The summed E-state index contributed by atoms with van der Waals surface area (Å²) in [7, 11) is 0. The first-order chi connectivity index (χ1) is 35.6. The van der Waals surface area contributed by atoms with Gasteiger partial charge in [-0.15, -0.1) is 0 Å². The fourth-order valence-corrected chi connectivity index (χ4v) is 11.8. The molecule has 0 saturated carbocycles. The van der Waals surface area contributed by atoms with Crippen LogP contribution in [0.25, 0.3) is 109 Å². The van der Waals surface area contributed by atoms with Crippen molar-refractivity contribution < 1.29 is 17.7 Å². The van der Waals surface area contributed by atoms with Crippen molar-refractivity contribution in [2.75, 3.05) is 9.80 Å². The van der Waals surface area contributed by atoms with E-state index < -0.39 is 0 Å². The topological polar surface area (TPSA) is 59.0 Å². The maximum atomic E-state index is 6.85. The van der Waals surface area contributed by atoms with E-state index in [2.05, 4.69) is 208 Å². The van der Waals surface area contributed by atoms with E-state index >= 15 is 0 Å². The van der Waals surface area contributed by atoms with E-state index in [9.17, 15) is 0 Å². The first kappa shape index (κ1) is 41.5. The molecule has 0 aliphatic heterocycles. The number of hydrogen-bond acceptors (Lipinski definition) is 6. The van der Waals surface area contributed by atoms with Gasteiger partial charge in [0.05, 0.1) is 0 Å². The quantitative estimate of drug-likeness (QED) is 0.166. The van der Waals surface area contributed by atoms with Gasteiger partial charge in [0.25, 0.3) is 0 Å². The minimum absolute atomic E-state index is 0.841. The average molecular weight is 943 g/mol. The molecule has 6 nitrogen and oxygen atoms in total. The molecular formula is C67H46N2O4. The van der Waals surface area contributed by atoms with Gasteiger partial charge in [-0.2, -0.15) is 0 Å². The fourth-order valence-electron chi connectivity index (χ4n) is 11.8. The minimum Gasteiger partial charge on any atom is -0.456 e. The monoisotopic (exact) mass is 942 g/mol. The summed E-state index contributed by atoms with van der Waals surface area (Å²) in [6.07, 6.45) is 0. The Kier molecular flexibility index (Phi) is 8.74. The third-order valence-electron chi connectivity index (χ3n) is 15.0. The number of anilines is 6. The number of furan rings is 4. The van der Waals surface area contributed by atoms with Gasteiger partial charge in [0.2, 0.25) is 0 Å². The molecule has 4 heterocycles. The van der Waals surface area contributed by atoms with Gasteiger partial charge in [-0.1, -0.05) is 60.7 Å². The predicted octanol–water partition coefficient (Wildman–Crippen LogP) is 20.1. The Hall–Kier alpha value is -9.26. The molecule has 0 aliphatic rings. The van der Waals surface area contributed by atoms with Crippen molar-refractivity contribution in [2.24, 2.45) is 0 Å². The molecule has 0 saturated heterocycles. The molecule has 0 aliphatic carbocycles. The van der Waals surface area contributed by atoms with Crippen LogP contribution < -0.4 is 9.80 Å². The molecule has 4 aromatic heterocycles. The van der Waals surface area contributed by atoms with Crippen molar-refractivity contribution in [3.63, 3.8) is 0 Å². The molecule has 15 rings (SSSR count). The SMILES string of the molecule is Cc1cc(C)cc(N(c2ccc3cc4c(cc3c2)oc2c(C)c3oc5cc6cc(N(c7cc(C)cc(C)c7)c7ccc8oc9ccccc9c8c7)ccc6cc5c3cc24)c2ccc3oc4ccccc4c3c2)c1. The number of rotatable bonds is 6. The van der Waals surface area contributed by atoms with E-state index in [1.54, 1.807) is 0 Å². The fraction of sp³-hybridized carbons (Fsp3) is 0.0746. The summed E-state index contributed by atoms with van der Waals surface area (Å²) in [6, 6.07) is 67.7. The standard InChI is InChI=1S/C67H46N2O4/c1-37-22-38(2)25-50(24-37)68(48-18-20-62-56(34-48)52-10-6-8-12-60(52)70-62)46-16-14-42-30-54-58-36-59-55-31-43-15-17-47(29-45(43)33-65(55)73-67(59)41(5)66(58)72-64(54)32-44(42)28-46)69(51-26-39(3)23-40(4)27-51)49-19-21-63-57(35-49)53-11-7-9-13-61(53)71-63/h6-36H,1-5H3. The average Bonchev–Trinajstić information content (AvgIpc) is 4.16. The van der Waals surface area contributed by atoms with Crippen LogP contribution in [0, 0.1) is 34.6 Å². The van der Waals surface area contributed by atoms with E-state index in [0.29, 0.717) is 0 Å². The Morgan fingerprint density at radius 2 is 0.630 bits per heavy atom. The van der Waals surface area contributed by atoms with Crippen molar-refractivity contribution in [3.05, 3.63) is 216 Å². The molecule has 348 valence electrons. The highest BCUT2D eigenvalue weighted by Gasteiger charge is 2.22. The van der Waals surface area contributed by atoms with Gasteiger partial charge in [-0.25, -0.2) is 0 Å². The summed E-state index contributed by atoms with van der Waals surface area (Å²) in [6.45, 7) is 10.8. The first-order valence-corrected chi connectivity index (χ1v) is 24.9. The molecule has 0 radical (unpaired) electrons. The summed E-state index contributed by atoms with van der Waals surface area (Å²) in [5.41, 5.74) is 19.2. The summed E-state index contributed by atoms with van der Waals surface area (Å²) >= 11 is 0. The number of fused-ring (bicyclic) bond motifs is 14. The molecule has 15 aromatic rings. The lowest BCUT2D eigenvalue weighted by Gasteiger charge is -2.26. The first-order valence-electron chi connectivity index (χ1n) is 24.9. The highest BCUT2D eigenvalue weighted by atomic mass is 16.3. The van der Waals surface area contributed by atoms with Crippen molar-refractivity contribution >= 4 is 143 Å². The summed E-state index contributed by atoms with van der Waals surface area (Å²) < 4.78 is 26.2. The Balaban J connectivity index is 0.841. The second-order valence-electron chi connectivity index (χ2n) is 20.1. The molecule has 11 aromatic carbocycles. The zero-order valence-electron chi connectivity index (χ0n) is 40.9. The molecule has 0 amide bonds.